The number of carbonyl (C=O) groups is 2. The number of rotatable bonds is 7. The molecular weight excluding hydrogens is 429 g/mol. The Bertz CT molecular complexity index is 1020. The van der Waals surface area contributed by atoms with Crippen LogP contribution in [-0.4, -0.2) is 23.3 Å². The normalized spacial score (nSPS) is 10.6. The predicted octanol–water partition coefficient (Wildman–Crippen LogP) is 5.44. The summed E-state index contributed by atoms with van der Waals surface area (Å²) in [5.74, 6) is -0.364. The fraction of sp³-hybridized carbons (Fsp3) is 0.190. The summed E-state index contributed by atoms with van der Waals surface area (Å²) in [5, 5.41) is 8.70. The molecule has 0 aliphatic carbocycles. The topological polar surface area (TPSA) is 71.1 Å². The average Bonchev–Trinajstić information content (AvgIpc) is 3.16. The molecule has 29 heavy (non-hydrogen) atoms. The molecule has 0 saturated carbocycles. The molecular formula is C21H19Cl2N3O2S. The molecule has 0 spiro atoms. The molecule has 1 heterocycles. The third-order valence-electron chi connectivity index (χ3n) is 4.16. The van der Waals surface area contributed by atoms with Gasteiger partial charge in [0, 0.05) is 29.4 Å². The number of nitrogens with zero attached hydrogens (tertiary/aromatic N) is 1. The summed E-state index contributed by atoms with van der Waals surface area (Å²) in [6, 6.07) is 12.8. The van der Waals surface area contributed by atoms with Crippen LogP contribution in [-0.2, 0) is 11.2 Å². The fourth-order valence-electron chi connectivity index (χ4n) is 2.70. The second-order valence-corrected chi connectivity index (χ2v) is 8.10. The SMILES string of the molecule is CC(=O)NCCCc1ccc(-c2csc(NC(=O)c3cc(Cl)ccc3Cl)n2)cc1. The first-order valence-corrected chi connectivity index (χ1v) is 10.6. The molecule has 3 rings (SSSR count). The van der Waals surface area contributed by atoms with Gasteiger partial charge in [0.05, 0.1) is 16.3 Å². The highest BCUT2D eigenvalue weighted by Gasteiger charge is 2.13. The third kappa shape index (κ3) is 6.03. The van der Waals surface area contributed by atoms with Crippen LogP contribution in [0.4, 0.5) is 5.13 Å². The summed E-state index contributed by atoms with van der Waals surface area (Å²) in [7, 11) is 0. The Morgan fingerprint density at radius 2 is 1.86 bits per heavy atom. The van der Waals surface area contributed by atoms with Crippen molar-refractivity contribution in [2.75, 3.05) is 11.9 Å². The maximum absolute atomic E-state index is 12.4. The number of halogens is 2. The van der Waals surface area contributed by atoms with Crippen molar-refractivity contribution >= 4 is 51.5 Å². The van der Waals surface area contributed by atoms with Crippen molar-refractivity contribution in [1.29, 1.82) is 0 Å². The van der Waals surface area contributed by atoms with Crippen LogP contribution >= 0.6 is 34.5 Å². The van der Waals surface area contributed by atoms with Gasteiger partial charge in [-0.25, -0.2) is 4.98 Å². The molecule has 0 atom stereocenters. The number of benzene rings is 2. The average molecular weight is 448 g/mol. The lowest BCUT2D eigenvalue weighted by Crippen LogP contribution is -2.21. The minimum Gasteiger partial charge on any atom is -0.356 e. The summed E-state index contributed by atoms with van der Waals surface area (Å²) < 4.78 is 0. The first-order chi connectivity index (χ1) is 13.9. The van der Waals surface area contributed by atoms with Crippen molar-refractivity contribution in [3.8, 4) is 11.3 Å². The molecule has 0 aliphatic heterocycles. The first-order valence-electron chi connectivity index (χ1n) is 8.98. The molecule has 150 valence electrons. The van der Waals surface area contributed by atoms with Gasteiger partial charge in [-0.1, -0.05) is 47.5 Å². The van der Waals surface area contributed by atoms with Crippen molar-refractivity contribution in [3.63, 3.8) is 0 Å². The van der Waals surface area contributed by atoms with E-state index in [-0.39, 0.29) is 11.8 Å². The van der Waals surface area contributed by atoms with Crippen LogP contribution in [0.5, 0.6) is 0 Å². The van der Waals surface area contributed by atoms with E-state index in [1.165, 1.54) is 29.9 Å². The molecule has 0 bridgehead atoms. The van der Waals surface area contributed by atoms with E-state index in [0.29, 0.717) is 27.3 Å². The van der Waals surface area contributed by atoms with E-state index in [0.717, 1.165) is 24.1 Å². The Balaban J connectivity index is 1.61. The number of aromatic nitrogens is 1. The quantitative estimate of drug-likeness (QED) is 0.473. The highest BCUT2D eigenvalue weighted by molar-refractivity contribution is 7.14. The zero-order valence-corrected chi connectivity index (χ0v) is 18.0. The summed E-state index contributed by atoms with van der Waals surface area (Å²) in [4.78, 5) is 27.8. The summed E-state index contributed by atoms with van der Waals surface area (Å²) in [6.45, 7) is 2.19. The molecule has 1 aromatic heterocycles. The van der Waals surface area contributed by atoms with Crippen molar-refractivity contribution < 1.29 is 9.59 Å². The Morgan fingerprint density at radius 3 is 2.59 bits per heavy atom. The maximum atomic E-state index is 12.4. The van der Waals surface area contributed by atoms with E-state index in [2.05, 4.69) is 15.6 Å². The number of anilines is 1. The van der Waals surface area contributed by atoms with Crippen molar-refractivity contribution in [2.24, 2.45) is 0 Å². The molecule has 2 N–H and O–H groups in total. The Labute approximate surface area is 183 Å². The van der Waals surface area contributed by atoms with Gasteiger partial charge in [0.2, 0.25) is 5.91 Å². The molecule has 2 aromatic carbocycles. The fourth-order valence-corrected chi connectivity index (χ4v) is 3.79. The summed E-state index contributed by atoms with van der Waals surface area (Å²) in [5.41, 5.74) is 3.25. The third-order valence-corrected chi connectivity index (χ3v) is 5.49. The maximum Gasteiger partial charge on any atom is 0.259 e. The largest absolute Gasteiger partial charge is 0.356 e. The van der Waals surface area contributed by atoms with Gasteiger partial charge < -0.3 is 5.32 Å². The summed E-state index contributed by atoms with van der Waals surface area (Å²) in [6.07, 6.45) is 1.77. The number of nitrogens with one attached hydrogen (secondary N) is 2. The minimum absolute atomic E-state index is 0.00981. The van der Waals surface area contributed by atoms with Crippen LogP contribution in [0.2, 0.25) is 10.0 Å². The number of thiazole rings is 1. The summed E-state index contributed by atoms with van der Waals surface area (Å²) >= 11 is 13.4. The van der Waals surface area contributed by atoms with E-state index in [9.17, 15) is 9.59 Å². The van der Waals surface area contributed by atoms with E-state index >= 15 is 0 Å². The number of hydrogen-bond donors (Lipinski definition) is 2. The monoisotopic (exact) mass is 447 g/mol. The van der Waals surface area contributed by atoms with Crippen LogP contribution in [0, 0.1) is 0 Å². The van der Waals surface area contributed by atoms with Gasteiger partial charge >= 0.3 is 0 Å². The zero-order valence-electron chi connectivity index (χ0n) is 15.7. The van der Waals surface area contributed by atoms with Crippen molar-refractivity contribution in [2.45, 2.75) is 19.8 Å². The standard InChI is InChI=1S/C21H19Cl2N3O2S/c1-13(27)24-10-2-3-14-4-6-15(7-5-14)19-12-29-21(25-19)26-20(28)17-11-16(22)8-9-18(17)23/h4-9,11-12H,2-3,10H2,1H3,(H,24,27)(H,25,26,28). The highest BCUT2D eigenvalue weighted by Crippen LogP contribution is 2.27. The van der Waals surface area contributed by atoms with Crippen LogP contribution in [0.15, 0.2) is 47.8 Å². The van der Waals surface area contributed by atoms with Gasteiger partial charge in [0.1, 0.15) is 0 Å². The van der Waals surface area contributed by atoms with Gasteiger partial charge in [-0.3, -0.25) is 14.9 Å². The smallest absolute Gasteiger partial charge is 0.259 e. The van der Waals surface area contributed by atoms with Gasteiger partial charge in [0.25, 0.3) is 5.91 Å². The molecule has 3 aromatic rings. The molecule has 8 heteroatoms. The highest BCUT2D eigenvalue weighted by atomic mass is 35.5. The van der Waals surface area contributed by atoms with Crippen LogP contribution in [0.25, 0.3) is 11.3 Å². The van der Waals surface area contributed by atoms with Crippen LogP contribution in [0.3, 0.4) is 0 Å². The number of amides is 2. The predicted molar refractivity (Wildman–Crippen MR) is 119 cm³/mol. The van der Waals surface area contributed by atoms with Crippen LogP contribution in [0.1, 0.15) is 29.3 Å². The lowest BCUT2D eigenvalue weighted by molar-refractivity contribution is -0.118. The van der Waals surface area contributed by atoms with Gasteiger partial charge in [-0.05, 0) is 36.6 Å². The second kappa shape index (κ2) is 9.87. The molecule has 0 radical (unpaired) electrons. The lowest BCUT2D eigenvalue weighted by Gasteiger charge is -2.05. The van der Waals surface area contributed by atoms with Crippen molar-refractivity contribution in [3.05, 3.63) is 69.0 Å². The zero-order chi connectivity index (χ0) is 20.8. The van der Waals surface area contributed by atoms with E-state index in [1.54, 1.807) is 12.1 Å². The lowest BCUT2D eigenvalue weighted by atomic mass is 10.1. The molecule has 0 unspecified atom stereocenters. The Morgan fingerprint density at radius 1 is 1.10 bits per heavy atom. The molecule has 0 aliphatic rings. The number of hydrogen-bond acceptors (Lipinski definition) is 4. The number of carbonyl (C=O) groups excluding carboxylic acids is 2. The van der Waals surface area contributed by atoms with Gasteiger partial charge in [-0.15, -0.1) is 11.3 Å². The Hall–Kier alpha value is -2.41. The van der Waals surface area contributed by atoms with Gasteiger partial charge in [-0.2, -0.15) is 0 Å². The van der Waals surface area contributed by atoms with Crippen molar-refractivity contribution in [1.82, 2.24) is 10.3 Å². The number of aryl methyl sites for hydroxylation is 1. The molecule has 2 amide bonds. The van der Waals surface area contributed by atoms with E-state index in [4.69, 9.17) is 23.2 Å². The van der Waals surface area contributed by atoms with E-state index < -0.39 is 0 Å². The molecule has 0 fully saturated rings. The van der Waals surface area contributed by atoms with E-state index in [1.807, 2.05) is 29.6 Å². The molecule has 0 saturated heterocycles. The van der Waals surface area contributed by atoms with Crippen LogP contribution < -0.4 is 10.6 Å². The first kappa shape index (κ1) is 21.3. The minimum atomic E-state index is -0.354. The second-order valence-electron chi connectivity index (χ2n) is 6.40. The van der Waals surface area contributed by atoms with Gasteiger partial charge in [0.15, 0.2) is 5.13 Å². The Kier molecular flexibility index (Phi) is 7.25. The molecule has 5 nitrogen and oxygen atoms in total.